The quantitative estimate of drug-likeness (QED) is 0.751. The lowest BCUT2D eigenvalue weighted by atomic mass is 9.99. The van der Waals surface area contributed by atoms with Crippen LogP contribution < -0.4 is 10.2 Å². The Balaban J connectivity index is 2.47. The predicted molar refractivity (Wildman–Crippen MR) is 92.6 cm³/mol. The molecule has 2 aromatic carbocycles. The molecule has 0 bridgehead atoms. The standard InChI is InChI=1S/C19H17NO4/c1-11-16(19(22)24-3)20-17-13(18(11)21)9-10-14(23-2)15(17)12-7-5-4-6-8-12/h4-10H,1-3H3,(H,20,21). The summed E-state index contributed by atoms with van der Waals surface area (Å²) in [7, 11) is 2.86. The fraction of sp³-hybridized carbons (Fsp3) is 0.158. The summed E-state index contributed by atoms with van der Waals surface area (Å²) in [5.41, 5.74) is 2.45. The van der Waals surface area contributed by atoms with Crippen LogP contribution in [-0.2, 0) is 4.74 Å². The Labute approximate surface area is 138 Å². The summed E-state index contributed by atoms with van der Waals surface area (Å²) in [6.07, 6.45) is 0. The molecule has 0 saturated carbocycles. The van der Waals surface area contributed by atoms with Gasteiger partial charge in [-0.3, -0.25) is 4.79 Å². The normalized spacial score (nSPS) is 10.6. The minimum absolute atomic E-state index is 0.153. The number of H-pyrrole nitrogens is 1. The fourth-order valence-corrected chi connectivity index (χ4v) is 2.80. The molecule has 122 valence electrons. The fourth-order valence-electron chi connectivity index (χ4n) is 2.80. The number of hydrogen-bond donors (Lipinski definition) is 1. The van der Waals surface area contributed by atoms with E-state index in [1.54, 1.807) is 26.2 Å². The van der Waals surface area contributed by atoms with E-state index in [0.717, 1.165) is 11.1 Å². The van der Waals surface area contributed by atoms with Crippen molar-refractivity contribution >= 4 is 16.9 Å². The molecule has 0 unspecified atom stereocenters. The predicted octanol–water partition coefficient (Wildman–Crippen LogP) is 3.30. The summed E-state index contributed by atoms with van der Waals surface area (Å²) in [6, 6.07) is 13.0. The lowest BCUT2D eigenvalue weighted by Gasteiger charge is -2.14. The SMILES string of the molecule is COC(=O)c1[nH]c2c(-c3ccccc3)c(OC)ccc2c(=O)c1C. The van der Waals surface area contributed by atoms with Crippen LogP contribution in [0.1, 0.15) is 16.1 Å². The molecule has 0 fully saturated rings. The molecular formula is C19H17NO4. The van der Waals surface area contributed by atoms with Gasteiger partial charge in [-0.25, -0.2) is 4.79 Å². The topological polar surface area (TPSA) is 68.4 Å². The molecule has 0 atom stereocenters. The highest BCUT2D eigenvalue weighted by molar-refractivity contribution is 6.00. The number of carbonyl (C=O) groups is 1. The number of ether oxygens (including phenoxy) is 2. The zero-order chi connectivity index (χ0) is 17.3. The van der Waals surface area contributed by atoms with Gasteiger partial charge in [0.15, 0.2) is 5.43 Å². The monoisotopic (exact) mass is 323 g/mol. The largest absolute Gasteiger partial charge is 0.496 e. The first-order chi connectivity index (χ1) is 11.6. The van der Waals surface area contributed by atoms with Crippen molar-refractivity contribution in [3.8, 4) is 16.9 Å². The number of pyridine rings is 1. The van der Waals surface area contributed by atoms with E-state index in [2.05, 4.69) is 4.98 Å². The third kappa shape index (κ3) is 2.44. The number of hydrogen-bond acceptors (Lipinski definition) is 4. The van der Waals surface area contributed by atoms with Crippen LogP contribution >= 0.6 is 0 Å². The highest BCUT2D eigenvalue weighted by Crippen LogP contribution is 2.35. The Bertz CT molecular complexity index is 974. The van der Waals surface area contributed by atoms with Crippen molar-refractivity contribution in [1.29, 1.82) is 0 Å². The highest BCUT2D eigenvalue weighted by atomic mass is 16.5. The number of carbonyl (C=O) groups excluding carboxylic acids is 1. The van der Waals surface area contributed by atoms with E-state index < -0.39 is 5.97 Å². The van der Waals surface area contributed by atoms with Gasteiger partial charge in [0, 0.05) is 16.5 Å². The van der Waals surface area contributed by atoms with Gasteiger partial charge in [0.05, 0.1) is 19.7 Å². The van der Waals surface area contributed by atoms with E-state index in [-0.39, 0.29) is 11.1 Å². The zero-order valence-corrected chi connectivity index (χ0v) is 13.7. The van der Waals surface area contributed by atoms with Crippen LogP contribution in [0.3, 0.4) is 0 Å². The molecule has 0 spiro atoms. The summed E-state index contributed by atoms with van der Waals surface area (Å²) < 4.78 is 10.2. The Morgan fingerprint density at radius 2 is 1.75 bits per heavy atom. The smallest absolute Gasteiger partial charge is 0.354 e. The van der Waals surface area contributed by atoms with Crippen molar-refractivity contribution in [2.24, 2.45) is 0 Å². The van der Waals surface area contributed by atoms with E-state index in [1.165, 1.54) is 7.11 Å². The van der Waals surface area contributed by atoms with Gasteiger partial charge in [-0.1, -0.05) is 30.3 Å². The maximum Gasteiger partial charge on any atom is 0.354 e. The first kappa shape index (κ1) is 15.8. The lowest BCUT2D eigenvalue weighted by Crippen LogP contribution is -2.17. The molecule has 3 aromatic rings. The third-order valence-corrected chi connectivity index (χ3v) is 4.05. The minimum atomic E-state index is -0.576. The van der Waals surface area contributed by atoms with E-state index in [0.29, 0.717) is 22.2 Å². The van der Waals surface area contributed by atoms with Gasteiger partial charge in [0.25, 0.3) is 0 Å². The maximum absolute atomic E-state index is 12.7. The zero-order valence-electron chi connectivity index (χ0n) is 13.7. The number of aromatic amines is 1. The van der Waals surface area contributed by atoms with Crippen LogP contribution in [0.5, 0.6) is 5.75 Å². The molecule has 0 aliphatic heterocycles. The van der Waals surface area contributed by atoms with Crippen molar-refractivity contribution in [2.45, 2.75) is 6.92 Å². The second-order valence-corrected chi connectivity index (χ2v) is 5.38. The number of aromatic nitrogens is 1. The van der Waals surface area contributed by atoms with Crippen molar-refractivity contribution in [3.63, 3.8) is 0 Å². The number of esters is 1. The van der Waals surface area contributed by atoms with Gasteiger partial charge in [-0.15, -0.1) is 0 Å². The maximum atomic E-state index is 12.7. The van der Waals surface area contributed by atoms with E-state index in [4.69, 9.17) is 9.47 Å². The summed E-state index contributed by atoms with van der Waals surface area (Å²) in [6.45, 7) is 1.61. The molecule has 0 saturated heterocycles. The number of fused-ring (bicyclic) bond motifs is 1. The molecule has 3 rings (SSSR count). The molecule has 1 heterocycles. The Kier molecular flexibility index (Phi) is 4.08. The Morgan fingerprint density at radius 1 is 1.04 bits per heavy atom. The number of benzene rings is 2. The van der Waals surface area contributed by atoms with Gasteiger partial charge >= 0.3 is 5.97 Å². The summed E-state index contributed by atoms with van der Waals surface area (Å²) >= 11 is 0. The van der Waals surface area contributed by atoms with E-state index in [9.17, 15) is 9.59 Å². The van der Waals surface area contributed by atoms with Crippen LogP contribution in [0.15, 0.2) is 47.3 Å². The Morgan fingerprint density at radius 3 is 2.38 bits per heavy atom. The molecule has 0 aliphatic carbocycles. The highest BCUT2D eigenvalue weighted by Gasteiger charge is 2.19. The lowest BCUT2D eigenvalue weighted by molar-refractivity contribution is 0.0593. The minimum Gasteiger partial charge on any atom is -0.496 e. The second kappa shape index (κ2) is 6.20. The van der Waals surface area contributed by atoms with Crippen molar-refractivity contribution in [2.75, 3.05) is 14.2 Å². The average molecular weight is 323 g/mol. The van der Waals surface area contributed by atoms with Crippen LogP contribution in [0.4, 0.5) is 0 Å². The number of rotatable bonds is 3. The average Bonchev–Trinajstić information content (AvgIpc) is 2.63. The van der Waals surface area contributed by atoms with Crippen molar-refractivity contribution in [3.05, 3.63) is 63.9 Å². The molecule has 0 aliphatic rings. The van der Waals surface area contributed by atoms with E-state index >= 15 is 0 Å². The molecule has 1 N–H and O–H groups in total. The third-order valence-electron chi connectivity index (χ3n) is 4.05. The number of nitrogens with one attached hydrogen (secondary N) is 1. The first-order valence-corrected chi connectivity index (χ1v) is 7.45. The van der Waals surface area contributed by atoms with Crippen molar-refractivity contribution in [1.82, 2.24) is 4.98 Å². The van der Waals surface area contributed by atoms with Gasteiger partial charge in [-0.2, -0.15) is 0 Å². The number of methoxy groups -OCH3 is 2. The molecule has 5 nitrogen and oxygen atoms in total. The second-order valence-electron chi connectivity index (χ2n) is 5.38. The molecule has 0 radical (unpaired) electrons. The van der Waals surface area contributed by atoms with Crippen molar-refractivity contribution < 1.29 is 14.3 Å². The van der Waals surface area contributed by atoms with Gasteiger partial charge in [-0.05, 0) is 24.6 Å². The van der Waals surface area contributed by atoms with E-state index in [1.807, 2.05) is 30.3 Å². The Hall–Kier alpha value is -3.08. The first-order valence-electron chi connectivity index (χ1n) is 7.45. The molecule has 1 aromatic heterocycles. The van der Waals surface area contributed by atoms with Gasteiger partial charge in [0.1, 0.15) is 11.4 Å². The van der Waals surface area contributed by atoms with Crippen LogP contribution in [0.2, 0.25) is 0 Å². The van der Waals surface area contributed by atoms with Crippen LogP contribution in [0.25, 0.3) is 22.0 Å². The molecule has 24 heavy (non-hydrogen) atoms. The van der Waals surface area contributed by atoms with Gasteiger partial charge in [0.2, 0.25) is 0 Å². The van der Waals surface area contributed by atoms with Crippen LogP contribution in [0, 0.1) is 6.92 Å². The molecule has 0 amide bonds. The summed E-state index contributed by atoms with van der Waals surface area (Å²) in [5, 5.41) is 0.500. The molecular weight excluding hydrogens is 306 g/mol. The summed E-state index contributed by atoms with van der Waals surface area (Å²) in [5.74, 6) is 0.0392. The van der Waals surface area contributed by atoms with Crippen LogP contribution in [-0.4, -0.2) is 25.2 Å². The summed E-state index contributed by atoms with van der Waals surface area (Å²) in [4.78, 5) is 27.8. The van der Waals surface area contributed by atoms with Gasteiger partial charge < -0.3 is 14.5 Å². The molecule has 5 heteroatoms.